The van der Waals surface area contributed by atoms with Gasteiger partial charge >= 0.3 is 5.97 Å². The summed E-state index contributed by atoms with van der Waals surface area (Å²) in [6, 6.07) is 6.81. The van der Waals surface area contributed by atoms with Gasteiger partial charge in [0.05, 0.1) is 0 Å². The van der Waals surface area contributed by atoms with E-state index in [1.54, 1.807) is 25.9 Å². The first-order valence-electron chi connectivity index (χ1n) is 9.20. The van der Waals surface area contributed by atoms with Crippen LogP contribution >= 0.6 is 0 Å². The first kappa shape index (κ1) is 18.2. The number of carboxylic acid groups (broad SMARTS) is 1. The van der Waals surface area contributed by atoms with Gasteiger partial charge in [-0.25, -0.2) is 14.8 Å². The third kappa shape index (κ3) is 3.04. The van der Waals surface area contributed by atoms with E-state index in [1.807, 2.05) is 24.3 Å². The van der Waals surface area contributed by atoms with Gasteiger partial charge in [-0.1, -0.05) is 12.1 Å². The second-order valence-electron chi connectivity index (χ2n) is 7.47. The highest BCUT2D eigenvalue weighted by Crippen LogP contribution is 2.37. The van der Waals surface area contributed by atoms with Gasteiger partial charge in [-0.15, -0.1) is 0 Å². The maximum absolute atomic E-state index is 12.1. The molecule has 0 saturated carbocycles. The zero-order chi connectivity index (χ0) is 20.0. The van der Waals surface area contributed by atoms with Crippen LogP contribution < -0.4 is 4.90 Å². The molecule has 3 heterocycles. The molecule has 2 aromatic heterocycles. The van der Waals surface area contributed by atoms with Crippen LogP contribution in [-0.2, 0) is 9.59 Å². The molecule has 8 nitrogen and oxygen atoms in total. The predicted octanol–water partition coefficient (Wildman–Crippen LogP) is 2.44. The molecule has 2 unspecified atom stereocenters. The molecule has 0 bridgehead atoms. The Labute approximate surface area is 161 Å². The zero-order valence-electron chi connectivity index (χ0n) is 16.0. The summed E-state index contributed by atoms with van der Waals surface area (Å²) < 4.78 is 6.00. The lowest BCUT2D eigenvalue weighted by molar-refractivity contribution is -0.138. The van der Waals surface area contributed by atoms with Crippen molar-refractivity contribution in [1.82, 2.24) is 14.9 Å². The predicted molar refractivity (Wildman–Crippen MR) is 104 cm³/mol. The highest BCUT2D eigenvalue weighted by atomic mass is 16.4. The molecule has 1 N–H and O–H groups in total. The number of carbonyl (C=O) groups excluding carboxylic acids is 1. The number of hydrogen-bond donors (Lipinski definition) is 1. The fourth-order valence-corrected chi connectivity index (χ4v) is 3.85. The largest absolute Gasteiger partial charge is 0.480 e. The smallest absolute Gasteiger partial charge is 0.326 e. The highest BCUT2D eigenvalue weighted by Gasteiger charge is 2.40. The summed E-state index contributed by atoms with van der Waals surface area (Å²) in [5, 5.41) is 10.6. The van der Waals surface area contributed by atoms with E-state index in [0.29, 0.717) is 47.7 Å². The van der Waals surface area contributed by atoms with Gasteiger partial charge in [-0.3, -0.25) is 4.79 Å². The van der Waals surface area contributed by atoms with Crippen molar-refractivity contribution in [3.05, 3.63) is 30.1 Å². The monoisotopic (exact) mass is 382 g/mol. The van der Waals surface area contributed by atoms with Gasteiger partial charge in [0.15, 0.2) is 11.4 Å². The van der Waals surface area contributed by atoms with Gasteiger partial charge in [0.25, 0.3) is 0 Å². The molecule has 8 heteroatoms. The number of hydrogen-bond acceptors (Lipinski definition) is 6. The minimum absolute atomic E-state index is 0.0104. The first-order valence-corrected chi connectivity index (χ1v) is 9.20. The lowest BCUT2D eigenvalue weighted by atomic mass is 10.0. The summed E-state index contributed by atoms with van der Waals surface area (Å²) in [7, 11) is 3.41. The number of para-hydroxylation sites is 1. The molecule has 28 heavy (non-hydrogen) atoms. The molecule has 1 aromatic carbocycles. The first-order chi connectivity index (χ1) is 13.3. The minimum Gasteiger partial charge on any atom is -0.480 e. The van der Waals surface area contributed by atoms with E-state index < -0.39 is 12.0 Å². The number of carbonyl (C=O) groups is 2. The molecule has 1 saturated heterocycles. The molecule has 1 amide bonds. The molecule has 3 aromatic rings. The molecule has 146 valence electrons. The maximum atomic E-state index is 12.1. The van der Waals surface area contributed by atoms with Crippen LogP contribution in [0.4, 0.5) is 5.82 Å². The SMILES string of the molecule is Cc1nc(N2CC(CC(=O)N(C)C)CC2C(=O)O)c2oc3ccccc3c2n1. The Hall–Kier alpha value is -3.16. The number of rotatable bonds is 4. The fourth-order valence-electron chi connectivity index (χ4n) is 3.85. The Kier molecular flexibility index (Phi) is 4.41. The van der Waals surface area contributed by atoms with Gasteiger partial charge in [-0.05, 0) is 31.4 Å². The summed E-state index contributed by atoms with van der Waals surface area (Å²) in [6.45, 7) is 2.21. The van der Waals surface area contributed by atoms with Crippen molar-refractivity contribution >= 4 is 39.8 Å². The van der Waals surface area contributed by atoms with Crippen LogP contribution in [0, 0.1) is 12.8 Å². The molecule has 2 atom stereocenters. The van der Waals surface area contributed by atoms with Crippen molar-refractivity contribution in [3.63, 3.8) is 0 Å². The zero-order valence-corrected chi connectivity index (χ0v) is 16.0. The van der Waals surface area contributed by atoms with Gasteiger partial charge in [-0.2, -0.15) is 0 Å². The number of nitrogens with zero attached hydrogens (tertiary/aromatic N) is 4. The molecule has 0 radical (unpaired) electrons. The van der Waals surface area contributed by atoms with Crippen LogP contribution in [0.3, 0.4) is 0 Å². The molecule has 4 rings (SSSR count). The van der Waals surface area contributed by atoms with Gasteiger partial charge in [0.2, 0.25) is 5.91 Å². The van der Waals surface area contributed by atoms with Crippen LogP contribution in [0.1, 0.15) is 18.7 Å². The van der Waals surface area contributed by atoms with Crippen molar-refractivity contribution in [2.75, 3.05) is 25.5 Å². The van der Waals surface area contributed by atoms with Gasteiger partial charge in [0.1, 0.15) is 23.0 Å². The lowest BCUT2D eigenvalue weighted by Crippen LogP contribution is -2.36. The van der Waals surface area contributed by atoms with Crippen LogP contribution in [-0.4, -0.2) is 58.5 Å². The van der Waals surface area contributed by atoms with Crippen LogP contribution in [0.15, 0.2) is 28.7 Å². The number of benzene rings is 1. The second-order valence-corrected chi connectivity index (χ2v) is 7.47. The van der Waals surface area contributed by atoms with E-state index in [0.717, 1.165) is 5.39 Å². The van der Waals surface area contributed by atoms with E-state index in [9.17, 15) is 14.7 Å². The number of amides is 1. The quantitative estimate of drug-likeness (QED) is 0.740. The lowest BCUT2D eigenvalue weighted by Gasteiger charge is -2.22. The number of aliphatic carboxylic acids is 1. The Morgan fingerprint density at radius 1 is 1.29 bits per heavy atom. The van der Waals surface area contributed by atoms with E-state index >= 15 is 0 Å². The van der Waals surface area contributed by atoms with Crippen LogP contribution in [0.2, 0.25) is 0 Å². The van der Waals surface area contributed by atoms with Crippen molar-refractivity contribution in [2.24, 2.45) is 5.92 Å². The summed E-state index contributed by atoms with van der Waals surface area (Å²) in [6.07, 6.45) is 0.695. The van der Waals surface area contributed by atoms with Crippen molar-refractivity contribution in [1.29, 1.82) is 0 Å². The third-order valence-corrected chi connectivity index (χ3v) is 5.22. The summed E-state index contributed by atoms with van der Waals surface area (Å²) in [5.41, 5.74) is 1.84. The average Bonchev–Trinajstić information content (AvgIpc) is 3.22. The molecule has 1 aliphatic heterocycles. The normalized spacial score (nSPS) is 19.5. The minimum atomic E-state index is -0.930. The number of fused-ring (bicyclic) bond motifs is 3. The second kappa shape index (κ2) is 6.78. The topological polar surface area (TPSA) is 99.8 Å². The van der Waals surface area contributed by atoms with Gasteiger partial charge in [0, 0.05) is 32.4 Å². The number of carboxylic acids is 1. The number of furan rings is 1. The van der Waals surface area contributed by atoms with E-state index in [2.05, 4.69) is 9.97 Å². The van der Waals surface area contributed by atoms with Gasteiger partial charge < -0.3 is 19.3 Å². The van der Waals surface area contributed by atoms with E-state index in [-0.39, 0.29) is 11.8 Å². The van der Waals surface area contributed by atoms with Crippen LogP contribution in [0.5, 0.6) is 0 Å². The van der Waals surface area contributed by atoms with Crippen molar-refractivity contribution in [2.45, 2.75) is 25.8 Å². The molecular weight excluding hydrogens is 360 g/mol. The van der Waals surface area contributed by atoms with E-state index in [1.165, 1.54) is 4.90 Å². The molecule has 0 spiro atoms. The number of aromatic nitrogens is 2. The Morgan fingerprint density at radius 3 is 2.75 bits per heavy atom. The average molecular weight is 382 g/mol. The van der Waals surface area contributed by atoms with Crippen molar-refractivity contribution < 1.29 is 19.1 Å². The molecule has 0 aliphatic carbocycles. The number of anilines is 1. The Bertz CT molecular complexity index is 1070. The molecule has 1 fully saturated rings. The molecular formula is C20H22N4O4. The third-order valence-electron chi connectivity index (χ3n) is 5.22. The summed E-state index contributed by atoms with van der Waals surface area (Å²) in [5.74, 6) is 0.0201. The standard InChI is InChI=1S/C20H22N4O4/c1-11-21-17-13-6-4-5-7-15(13)28-18(17)19(22-11)24-10-12(8-14(24)20(26)27)9-16(25)23(2)3/h4-7,12,14H,8-10H2,1-3H3,(H,26,27). The van der Waals surface area contributed by atoms with Crippen LogP contribution in [0.25, 0.3) is 22.1 Å². The highest BCUT2D eigenvalue weighted by molar-refractivity contribution is 6.06. The Morgan fingerprint density at radius 2 is 2.04 bits per heavy atom. The van der Waals surface area contributed by atoms with E-state index in [4.69, 9.17) is 4.42 Å². The summed E-state index contributed by atoms with van der Waals surface area (Å²) in [4.78, 5) is 36.4. The van der Waals surface area contributed by atoms with Crippen molar-refractivity contribution in [3.8, 4) is 0 Å². The maximum Gasteiger partial charge on any atom is 0.326 e. The Balaban J connectivity index is 1.79. The fraction of sp³-hybridized carbons (Fsp3) is 0.400. The number of aryl methyl sites for hydroxylation is 1. The summed E-state index contributed by atoms with van der Waals surface area (Å²) >= 11 is 0. The molecule has 1 aliphatic rings.